The van der Waals surface area contributed by atoms with Crippen LogP contribution in [-0.4, -0.2) is 0 Å². The van der Waals surface area contributed by atoms with Crippen molar-refractivity contribution >= 4 is 0 Å². The molecule has 1 aliphatic rings. The van der Waals surface area contributed by atoms with Crippen molar-refractivity contribution in [2.75, 3.05) is 0 Å². The topological polar surface area (TPSA) is 0 Å². The second-order valence-corrected chi connectivity index (χ2v) is 6.41. The van der Waals surface area contributed by atoms with Crippen molar-refractivity contribution in [2.24, 2.45) is 17.3 Å². The Hall–Kier alpha value is 0. The smallest absolute Gasteiger partial charge is 0.0323 e. The highest BCUT2D eigenvalue weighted by Gasteiger charge is 2.25. The van der Waals surface area contributed by atoms with Crippen LogP contribution in [0.2, 0.25) is 0 Å². The Bertz CT molecular complexity index is 171. The molecule has 0 aromatic heterocycles. The van der Waals surface area contributed by atoms with Gasteiger partial charge in [-0.25, -0.2) is 0 Å². The Labute approximate surface area is 96.8 Å². The highest BCUT2D eigenvalue weighted by Crippen LogP contribution is 2.39. The van der Waals surface area contributed by atoms with Gasteiger partial charge >= 0.3 is 0 Å². The summed E-state index contributed by atoms with van der Waals surface area (Å²) >= 11 is 0. The van der Waals surface area contributed by atoms with Crippen LogP contribution in [-0.2, 0) is 0 Å². The molecule has 1 aliphatic carbocycles. The van der Waals surface area contributed by atoms with Crippen LogP contribution in [0.25, 0.3) is 0 Å². The maximum Gasteiger partial charge on any atom is -0.0323 e. The van der Waals surface area contributed by atoms with E-state index < -0.39 is 0 Å². The summed E-state index contributed by atoms with van der Waals surface area (Å²) in [6.45, 7) is 11.5. The fraction of sp³-hybridized carbons (Fsp3) is 0.933. The fourth-order valence-corrected chi connectivity index (χ4v) is 3.26. The zero-order valence-electron chi connectivity index (χ0n) is 11.0. The van der Waals surface area contributed by atoms with Gasteiger partial charge in [-0.2, -0.15) is 5.92 Å². The van der Waals surface area contributed by atoms with E-state index in [-0.39, 0.29) is 0 Å². The minimum atomic E-state index is 0.623. The summed E-state index contributed by atoms with van der Waals surface area (Å²) in [4.78, 5) is 0. The van der Waals surface area contributed by atoms with Crippen LogP contribution in [0.15, 0.2) is 0 Å². The van der Waals surface area contributed by atoms with E-state index in [1.54, 1.807) is 0 Å². The van der Waals surface area contributed by atoms with Crippen molar-refractivity contribution in [1.82, 2.24) is 0 Å². The predicted molar refractivity (Wildman–Crippen MR) is 68.7 cm³/mol. The second-order valence-electron chi connectivity index (χ2n) is 6.41. The monoisotopic (exact) mass is 209 g/mol. The molecule has 0 amide bonds. The summed E-state index contributed by atoms with van der Waals surface area (Å²) in [7, 11) is 0. The van der Waals surface area contributed by atoms with Crippen LogP contribution >= 0.6 is 0 Å². The molecule has 1 fully saturated rings. The molecule has 90 valence electrons. The molecular formula is C15H29-. The van der Waals surface area contributed by atoms with Crippen molar-refractivity contribution in [3.05, 3.63) is 6.92 Å². The summed E-state index contributed by atoms with van der Waals surface area (Å²) in [5.74, 6) is 1.58. The van der Waals surface area contributed by atoms with Crippen LogP contribution in [0, 0.1) is 24.2 Å². The lowest BCUT2D eigenvalue weighted by atomic mass is 9.75. The van der Waals surface area contributed by atoms with Gasteiger partial charge in [0.25, 0.3) is 0 Å². The Morgan fingerprint density at radius 1 is 1.13 bits per heavy atom. The van der Waals surface area contributed by atoms with E-state index in [0.29, 0.717) is 5.41 Å². The van der Waals surface area contributed by atoms with Crippen LogP contribution < -0.4 is 0 Å². The molecule has 1 saturated carbocycles. The van der Waals surface area contributed by atoms with Gasteiger partial charge in [-0.05, 0) is 30.6 Å². The third-order valence-corrected chi connectivity index (χ3v) is 3.94. The average Bonchev–Trinajstić information content (AvgIpc) is 2.17. The molecule has 0 heteroatoms. The zero-order chi connectivity index (χ0) is 11.3. The quantitative estimate of drug-likeness (QED) is 0.546. The molecule has 0 heterocycles. The van der Waals surface area contributed by atoms with Gasteiger partial charge in [-0.15, -0.1) is 0 Å². The van der Waals surface area contributed by atoms with Gasteiger partial charge in [0, 0.05) is 0 Å². The van der Waals surface area contributed by atoms with Crippen LogP contribution in [0.4, 0.5) is 0 Å². The minimum Gasteiger partial charge on any atom is -0.340 e. The number of hydrogen-bond acceptors (Lipinski definition) is 0. The molecule has 0 nitrogen and oxygen atoms in total. The molecule has 15 heavy (non-hydrogen) atoms. The van der Waals surface area contributed by atoms with E-state index in [0.717, 1.165) is 11.8 Å². The van der Waals surface area contributed by atoms with Crippen LogP contribution in [0.1, 0.15) is 72.1 Å². The Balaban J connectivity index is 2.48. The first-order chi connectivity index (χ1) is 7.02. The highest BCUT2D eigenvalue weighted by molar-refractivity contribution is 4.78. The molecule has 0 radical (unpaired) electrons. The van der Waals surface area contributed by atoms with Crippen molar-refractivity contribution in [3.8, 4) is 0 Å². The maximum absolute atomic E-state index is 4.25. The van der Waals surface area contributed by atoms with Crippen LogP contribution in [0.3, 0.4) is 0 Å². The molecule has 1 rings (SSSR count). The molecule has 0 N–H and O–H groups in total. The Morgan fingerprint density at radius 2 is 1.73 bits per heavy atom. The van der Waals surface area contributed by atoms with Gasteiger partial charge in [-0.3, -0.25) is 0 Å². The number of hydrogen-bond donors (Lipinski definition) is 0. The first-order valence-corrected chi connectivity index (χ1v) is 6.85. The van der Waals surface area contributed by atoms with Gasteiger partial charge in [0.15, 0.2) is 0 Å². The molecule has 2 atom stereocenters. The molecule has 0 aliphatic heterocycles. The average molecular weight is 209 g/mol. The largest absolute Gasteiger partial charge is 0.340 e. The Morgan fingerprint density at radius 3 is 2.40 bits per heavy atom. The first kappa shape index (κ1) is 13.1. The summed E-state index contributed by atoms with van der Waals surface area (Å²) in [6.07, 6.45) is 11.2. The third-order valence-electron chi connectivity index (χ3n) is 3.94. The van der Waals surface area contributed by atoms with E-state index in [1.807, 2.05) is 0 Å². The van der Waals surface area contributed by atoms with Crippen molar-refractivity contribution in [1.29, 1.82) is 0 Å². The van der Waals surface area contributed by atoms with E-state index in [2.05, 4.69) is 27.7 Å². The molecule has 0 aromatic rings. The summed E-state index contributed by atoms with van der Waals surface area (Å²) < 4.78 is 0. The minimum absolute atomic E-state index is 0.623. The highest BCUT2D eigenvalue weighted by atomic mass is 14.3. The van der Waals surface area contributed by atoms with Gasteiger partial charge in [-0.1, -0.05) is 52.9 Å². The van der Waals surface area contributed by atoms with E-state index in [1.165, 1.54) is 51.4 Å². The van der Waals surface area contributed by atoms with E-state index in [9.17, 15) is 0 Å². The zero-order valence-corrected chi connectivity index (χ0v) is 11.0. The molecule has 0 saturated heterocycles. The van der Waals surface area contributed by atoms with Crippen molar-refractivity contribution in [3.63, 3.8) is 0 Å². The SMILES string of the molecule is [CH2-]C1CCCCC(C)(CC(C)C)CCC1. The van der Waals surface area contributed by atoms with Gasteiger partial charge in [0.05, 0.1) is 0 Å². The lowest BCUT2D eigenvalue weighted by Crippen LogP contribution is -2.18. The molecular weight excluding hydrogens is 180 g/mol. The molecule has 2 unspecified atom stereocenters. The number of rotatable bonds is 2. The predicted octanol–water partition coefficient (Wildman–Crippen LogP) is 5.23. The van der Waals surface area contributed by atoms with Crippen molar-refractivity contribution in [2.45, 2.75) is 72.1 Å². The first-order valence-electron chi connectivity index (χ1n) is 6.85. The fourth-order valence-electron chi connectivity index (χ4n) is 3.26. The normalized spacial score (nSPS) is 34.6. The van der Waals surface area contributed by atoms with Crippen molar-refractivity contribution < 1.29 is 0 Å². The van der Waals surface area contributed by atoms with Crippen LogP contribution in [0.5, 0.6) is 0 Å². The lowest BCUT2D eigenvalue weighted by Gasteiger charge is -2.31. The van der Waals surface area contributed by atoms with Gasteiger partial charge in [0.2, 0.25) is 0 Å². The summed E-state index contributed by atoms with van der Waals surface area (Å²) in [5, 5.41) is 0. The maximum atomic E-state index is 4.25. The standard InChI is InChI=1S/C15H29/c1-13(2)12-15(4)10-6-5-8-14(3)9-7-11-15/h13-14H,3,5-12H2,1-2,4H3/q-1. The van der Waals surface area contributed by atoms with Gasteiger partial charge < -0.3 is 6.92 Å². The molecule has 0 bridgehead atoms. The lowest BCUT2D eigenvalue weighted by molar-refractivity contribution is 0.207. The summed E-state index contributed by atoms with van der Waals surface area (Å²) in [6, 6.07) is 0. The molecule has 0 aromatic carbocycles. The van der Waals surface area contributed by atoms with Gasteiger partial charge in [0.1, 0.15) is 0 Å². The molecule has 0 spiro atoms. The Kier molecular flexibility index (Phi) is 5.15. The van der Waals surface area contributed by atoms with E-state index >= 15 is 0 Å². The third kappa shape index (κ3) is 5.04. The summed E-state index contributed by atoms with van der Waals surface area (Å²) in [5.41, 5.74) is 0.623. The second kappa shape index (κ2) is 5.92. The van der Waals surface area contributed by atoms with E-state index in [4.69, 9.17) is 0 Å².